The molecule has 0 bridgehead atoms. The Bertz CT molecular complexity index is 417. The van der Waals surface area contributed by atoms with Crippen LogP contribution in [0.2, 0.25) is 0 Å². The number of aryl methyl sites for hydroxylation is 1. The number of carbonyl (C=O) groups is 1. The number of carboxylic acid groups (broad SMARTS) is 1. The molecule has 0 amide bonds. The Kier molecular flexibility index (Phi) is 4.53. The van der Waals surface area contributed by atoms with Crippen molar-refractivity contribution in [1.29, 1.82) is 0 Å². The molecule has 3 nitrogen and oxygen atoms in total. The zero-order valence-electron chi connectivity index (χ0n) is 9.41. The van der Waals surface area contributed by atoms with Gasteiger partial charge in [0.25, 0.3) is 0 Å². The first kappa shape index (κ1) is 12.8. The third-order valence-electron chi connectivity index (χ3n) is 2.30. The fourth-order valence-electron chi connectivity index (χ4n) is 1.33. The summed E-state index contributed by atoms with van der Waals surface area (Å²) in [7, 11) is 0. The van der Waals surface area contributed by atoms with Crippen molar-refractivity contribution in [2.75, 3.05) is 0 Å². The second-order valence-electron chi connectivity index (χ2n) is 3.69. The number of aromatic carboxylic acids is 1. The maximum absolute atomic E-state index is 10.8. The number of terminal acetylenes is 1. The van der Waals surface area contributed by atoms with Gasteiger partial charge in [-0.25, -0.2) is 4.79 Å². The van der Waals surface area contributed by atoms with Gasteiger partial charge in [0.1, 0.15) is 4.88 Å². The number of nitrogens with one attached hydrogen (secondary N) is 1. The number of carboxylic acids is 1. The standard InChI is InChI=1S/C12H15NO2S/c1-4-5-8(2)13-7-10-6-11(12(14)15)16-9(10)3/h1,6,8,13H,5,7H2,2-3H3,(H,14,15). The summed E-state index contributed by atoms with van der Waals surface area (Å²) in [5.41, 5.74) is 1.03. The third-order valence-corrected chi connectivity index (χ3v) is 3.38. The van der Waals surface area contributed by atoms with Crippen molar-refractivity contribution in [3.05, 3.63) is 21.4 Å². The van der Waals surface area contributed by atoms with Gasteiger partial charge < -0.3 is 10.4 Å². The second kappa shape index (κ2) is 5.69. The van der Waals surface area contributed by atoms with Gasteiger partial charge in [0.2, 0.25) is 0 Å². The molecule has 1 heterocycles. The predicted molar refractivity (Wildman–Crippen MR) is 65.8 cm³/mol. The minimum absolute atomic E-state index is 0.248. The van der Waals surface area contributed by atoms with Crippen molar-refractivity contribution in [3.8, 4) is 12.3 Å². The van der Waals surface area contributed by atoms with Gasteiger partial charge in [0.05, 0.1) is 0 Å². The van der Waals surface area contributed by atoms with Crippen molar-refractivity contribution in [2.45, 2.75) is 32.9 Å². The Morgan fingerprint density at radius 3 is 2.94 bits per heavy atom. The first-order valence-corrected chi connectivity index (χ1v) is 5.85. The monoisotopic (exact) mass is 237 g/mol. The lowest BCUT2D eigenvalue weighted by Crippen LogP contribution is -2.24. The van der Waals surface area contributed by atoms with Crippen LogP contribution < -0.4 is 5.32 Å². The molecule has 1 rings (SSSR count). The van der Waals surface area contributed by atoms with E-state index in [9.17, 15) is 4.79 Å². The molecule has 1 unspecified atom stereocenters. The highest BCUT2D eigenvalue weighted by atomic mass is 32.1. The first-order chi connectivity index (χ1) is 7.54. The summed E-state index contributed by atoms with van der Waals surface area (Å²) >= 11 is 1.31. The predicted octanol–water partition coefficient (Wildman–Crippen LogP) is 2.26. The van der Waals surface area contributed by atoms with Gasteiger partial charge in [-0.1, -0.05) is 0 Å². The number of thiophene rings is 1. The number of rotatable bonds is 5. The van der Waals surface area contributed by atoms with E-state index in [-0.39, 0.29) is 6.04 Å². The van der Waals surface area contributed by atoms with Gasteiger partial charge in [-0.15, -0.1) is 23.7 Å². The van der Waals surface area contributed by atoms with E-state index >= 15 is 0 Å². The van der Waals surface area contributed by atoms with E-state index in [1.54, 1.807) is 6.07 Å². The van der Waals surface area contributed by atoms with Crippen LogP contribution in [-0.4, -0.2) is 17.1 Å². The molecule has 1 atom stereocenters. The van der Waals surface area contributed by atoms with Crippen molar-refractivity contribution in [2.24, 2.45) is 0 Å². The molecule has 2 N–H and O–H groups in total. The summed E-state index contributed by atoms with van der Waals surface area (Å²) < 4.78 is 0. The lowest BCUT2D eigenvalue weighted by Gasteiger charge is -2.09. The van der Waals surface area contributed by atoms with E-state index in [0.717, 1.165) is 10.4 Å². The Labute approximate surface area is 99.5 Å². The summed E-state index contributed by atoms with van der Waals surface area (Å²) in [4.78, 5) is 12.2. The van der Waals surface area contributed by atoms with E-state index in [4.69, 9.17) is 11.5 Å². The maximum atomic E-state index is 10.8. The van der Waals surface area contributed by atoms with Crippen LogP contribution in [0.1, 0.15) is 33.5 Å². The lowest BCUT2D eigenvalue weighted by atomic mass is 10.2. The summed E-state index contributed by atoms with van der Waals surface area (Å²) in [6.45, 7) is 4.61. The Morgan fingerprint density at radius 2 is 2.44 bits per heavy atom. The molecular formula is C12H15NO2S. The summed E-state index contributed by atoms with van der Waals surface area (Å²) in [5, 5.41) is 12.1. The van der Waals surface area contributed by atoms with Crippen molar-refractivity contribution < 1.29 is 9.90 Å². The van der Waals surface area contributed by atoms with Crippen LogP contribution in [0.3, 0.4) is 0 Å². The van der Waals surface area contributed by atoms with Crippen LogP contribution in [0, 0.1) is 19.3 Å². The van der Waals surface area contributed by atoms with Crippen LogP contribution in [0.25, 0.3) is 0 Å². The lowest BCUT2D eigenvalue weighted by molar-refractivity contribution is 0.0702. The topological polar surface area (TPSA) is 49.3 Å². The summed E-state index contributed by atoms with van der Waals surface area (Å²) in [6.07, 6.45) is 5.88. The Morgan fingerprint density at radius 1 is 1.75 bits per heavy atom. The molecule has 0 fully saturated rings. The molecule has 16 heavy (non-hydrogen) atoms. The van der Waals surface area contributed by atoms with Gasteiger partial charge in [-0.3, -0.25) is 0 Å². The first-order valence-electron chi connectivity index (χ1n) is 5.04. The fourth-order valence-corrected chi connectivity index (χ4v) is 2.21. The molecule has 4 heteroatoms. The Hall–Kier alpha value is -1.31. The van der Waals surface area contributed by atoms with Crippen molar-refractivity contribution >= 4 is 17.3 Å². The zero-order chi connectivity index (χ0) is 12.1. The van der Waals surface area contributed by atoms with Crippen LogP contribution in [0.4, 0.5) is 0 Å². The van der Waals surface area contributed by atoms with E-state index < -0.39 is 5.97 Å². The summed E-state index contributed by atoms with van der Waals surface area (Å²) in [5.74, 6) is 1.72. The fraction of sp³-hybridized carbons (Fsp3) is 0.417. The van der Waals surface area contributed by atoms with E-state index in [0.29, 0.717) is 17.8 Å². The van der Waals surface area contributed by atoms with Crippen molar-refractivity contribution in [1.82, 2.24) is 5.32 Å². The molecule has 0 aliphatic rings. The van der Waals surface area contributed by atoms with Gasteiger partial charge in [-0.05, 0) is 25.5 Å². The molecule has 0 aliphatic carbocycles. The van der Waals surface area contributed by atoms with Gasteiger partial charge in [-0.2, -0.15) is 0 Å². The second-order valence-corrected chi connectivity index (χ2v) is 4.94. The van der Waals surface area contributed by atoms with Crippen LogP contribution in [0.15, 0.2) is 6.07 Å². The molecule has 1 aromatic heterocycles. The third kappa shape index (κ3) is 3.37. The van der Waals surface area contributed by atoms with Crippen molar-refractivity contribution in [3.63, 3.8) is 0 Å². The maximum Gasteiger partial charge on any atom is 0.345 e. The van der Waals surface area contributed by atoms with Gasteiger partial charge in [0, 0.05) is 23.9 Å². The zero-order valence-corrected chi connectivity index (χ0v) is 10.2. The number of hydrogen-bond donors (Lipinski definition) is 2. The largest absolute Gasteiger partial charge is 0.477 e. The molecule has 1 aromatic rings. The molecule has 0 radical (unpaired) electrons. The molecule has 0 saturated carbocycles. The minimum Gasteiger partial charge on any atom is -0.477 e. The van der Waals surface area contributed by atoms with Gasteiger partial charge in [0.15, 0.2) is 0 Å². The number of hydrogen-bond acceptors (Lipinski definition) is 3. The van der Waals surface area contributed by atoms with E-state index in [2.05, 4.69) is 11.2 Å². The molecule has 0 aliphatic heterocycles. The highest BCUT2D eigenvalue weighted by Gasteiger charge is 2.11. The normalized spacial score (nSPS) is 12.1. The average molecular weight is 237 g/mol. The molecule has 0 aromatic carbocycles. The van der Waals surface area contributed by atoms with E-state index in [1.165, 1.54) is 11.3 Å². The molecule has 0 saturated heterocycles. The minimum atomic E-state index is -0.865. The SMILES string of the molecule is C#CCC(C)NCc1cc(C(=O)O)sc1C. The molecule has 86 valence electrons. The van der Waals surface area contributed by atoms with Crippen LogP contribution in [0.5, 0.6) is 0 Å². The van der Waals surface area contributed by atoms with Crippen LogP contribution in [-0.2, 0) is 6.54 Å². The average Bonchev–Trinajstić information content (AvgIpc) is 2.58. The highest BCUT2D eigenvalue weighted by molar-refractivity contribution is 7.14. The summed E-state index contributed by atoms with van der Waals surface area (Å²) in [6, 6.07) is 1.97. The quantitative estimate of drug-likeness (QED) is 0.772. The Balaban J connectivity index is 2.61. The molecular weight excluding hydrogens is 222 g/mol. The highest BCUT2D eigenvalue weighted by Crippen LogP contribution is 2.21. The smallest absolute Gasteiger partial charge is 0.345 e. The van der Waals surface area contributed by atoms with Crippen LogP contribution >= 0.6 is 11.3 Å². The van der Waals surface area contributed by atoms with Gasteiger partial charge >= 0.3 is 5.97 Å². The van der Waals surface area contributed by atoms with E-state index in [1.807, 2.05) is 13.8 Å². The molecule has 0 spiro atoms.